The summed E-state index contributed by atoms with van der Waals surface area (Å²) in [5, 5.41) is 0. The van der Waals surface area contributed by atoms with Gasteiger partial charge in [-0.3, -0.25) is 4.72 Å². The van der Waals surface area contributed by atoms with Gasteiger partial charge in [-0.25, -0.2) is 8.42 Å². The second kappa shape index (κ2) is 6.72. The Hall–Kier alpha value is -2.99. The average molecular weight is 367 g/mol. The molecule has 4 rings (SSSR count). The lowest BCUT2D eigenvalue weighted by molar-refractivity contribution is 0.356. The Morgan fingerprint density at radius 3 is 2.38 bits per heavy atom. The van der Waals surface area contributed by atoms with Crippen molar-refractivity contribution < 1.29 is 17.9 Å². The molecule has 0 radical (unpaired) electrons. The molecule has 0 bridgehead atoms. The second-order valence-electron chi connectivity index (χ2n) is 5.91. The van der Waals surface area contributed by atoms with E-state index >= 15 is 0 Å². The van der Waals surface area contributed by atoms with Crippen LogP contribution in [0, 0.1) is 0 Å². The van der Waals surface area contributed by atoms with Gasteiger partial charge in [0.2, 0.25) is 0 Å². The van der Waals surface area contributed by atoms with Crippen LogP contribution in [0.5, 0.6) is 17.2 Å². The summed E-state index contributed by atoms with van der Waals surface area (Å²) in [5.41, 5.74) is 1.39. The van der Waals surface area contributed by atoms with Crippen LogP contribution in [0.4, 0.5) is 5.69 Å². The van der Waals surface area contributed by atoms with Gasteiger partial charge in [0.15, 0.2) is 0 Å². The largest absolute Gasteiger partial charge is 0.493 e. The van der Waals surface area contributed by atoms with E-state index in [9.17, 15) is 8.42 Å². The Kier molecular flexibility index (Phi) is 4.26. The van der Waals surface area contributed by atoms with E-state index in [4.69, 9.17) is 9.47 Å². The van der Waals surface area contributed by atoms with Gasteiger partial charge in [0, 0.05) is 12.1 Å². The summed E-state index contributed by atoms with van der Waals surface area (Å²) in [4.78, 5) is 0.228. The van der Waals surface area contributed by atoms with E-state index in [0.717, 1.165) is 23.5 Å². The van der Waals surface area contributed by atoms with Crippen LogP contribution in [0.1, 0.15) is 5.56 Å². The third-order valence-corrected chi connectivity index (χ3v) is 5.44. The van der Waals surface area contributed by atoms with Crippen molar-refractivity contribution in [1.82, 2.24) is 0 Å². The van der Waals surface area contributed by atoms with Gasteiger partial charge in [-0.05, 0) is 60.2 Å². The lowest BCUT2D eigenvalue weighted by Gasteiger charge is -2.10. The first kappa shape index (κ1) is 16.5. The van der Waals surface area contributed by atoms with Crippen LogP contribution in [0.2, 0.25) is 0 Å². The molecule has 0 aromatic heterocycles. The molecular weight excluding hydrogens is 350 g/mol. The van der Waals surface area contributed by atoms with Gasteiger partial charge >= 0.3 is 0 Å². The molecule has 3 aromatic carbocycles. The summed E-state index contributed by atoms with van der Waals surface area (Å²) >= 11 is 0. The van der Waals surface area contributed by atoms with Crippen LogP contribution in [0.15, 0.2) is 77.7 Å². The zero-order valence-corrected chi connectivity index (χ0v) is 14.7. The number of para-hydroxylation sites is 1. The summed E-state index contributed by atoms with van der Waals surface area (Å²) < 4.78 is 38.9. The van der Waals surface area contributed by atoms with Crippen LogP contribution in [-0.2, 0) is 16.4 Å². The molecular formula is C20H17NO4S. The van der Waals surface area contributed by atoms with Crippen molar-refractivity contribution in [3.63, 3.8) is 0 Å². The standard InChI is InChI=1S/C20H17NO4S/c22-26(23,19-10-11-20-15(14-19)12-13-24-20)21-16-6-8-18(9-7-16)25-17-4-2-1-3-5-17/h1-11,14,21H,12-13H2. The monoisotopic (exact) mass is 367 g/mol. The molecule has 5 nitrogen and oxygen atoms in total. The van der Waals surface area contributed by atoms with Gasteiger partial charge < -0.3 is 9.47 Å². The number of ether oxygens (including phenoxy) is 2. The molecule has 0 fully saturated rings. The highest BCUT2D eigenvalue weighted by Gasteiger charge is 2.19. The number of fused-ring (bicyclic) bond motifs is 1. The first-order valence-corrected chi connectivity index (χ1v) is 9.70. The lowest BCUT2D eigenvalue weighted by Crippen LogP contribution is -2.13. The fourth-order valence-corrected chi connectivity index (χ4v) is 3.87. The van der Waals surface area contributed by atoms with Crippen molar-refractivity contribution in [1.29, 1.82) is 0 Å². The molecule has 1 aliphatic rings. The van der Waals surface area contributed by atoms with E-state index in [1.54, 1.807) is 42.5 Å². The predicted molar refractivity (Wildman–Crippen MR) is 99.4 cm³/mol. The normalized spacial score (nSPS) is 12.9. The molecule has 3 aromatic rings. The molecule has 0 spiro atoms. The van der Waals surface area contributed by atoms with Gasteiger partial charge in [-0.1, -0.05) is 18.2 Å². The third-order valence-electron chi connectivity index (χ3n) is 4.06. The highest BCUT2D eigenvalue weighted by molar-refractivity contribution is 7.92. The second-order valence-corrected chi connectivity index (χ2v) is 7.60. The van der Waals surface area contributed by atoms with E-state index in [2.05, 4.69) is 4.72 Å². The molecule has 26 heavy (non-hydrogen) atoms. The van der Waals surface area contributed by atoms with Gasteiger partial charge in [0.1, 0.15) is 17.2 Å². The molecule has 1 heterocycles. The van der Waals surface area contributed by atoms with E-state index in [1.165, 1.54) is 0 Å². The SMILES string of the molecule is O=S(=O)(Nc1ccc(Oc2ccccc2)cc1)c1ccc2c(c1)CCO2. The predicted octanol–water partition coefficient (Wildman–Crippen LogP) is 4.21. The molecule has 0 unspecified atom stereocenters. The van der Waals surface area contributed by atoms with Crippen molar-refractivity contribution in [2.75, 3.05) is 11.3 Å². The minimum Gasteiger partial charge on any atom is -0.493 e. The number of hydrogen-bond donors (Lipinski definition) is 1. The van der Waals surface area contributed by atoms with Crippen LogP contribution < -0.4 is 14.2 Å². The van der Waals surface area contributed by atoms with Crippen LogP contribution in [-0.4, -0.2) is 15.0 Å². The van der Waals surface area contributed by atoms with Crippen molar-refractivity contribution in [3.05, 3.63) is 78.4 Å². The topological polar surface area (TPSA) is 64.6 Å². The Morgan fingerprint density at radius 2 is 1.62 bits per heavy atom. The Balaban J connectivity index is 1.49. The van der Waals surface area contributed by atoms with Crippen LogP contribution >= 0.6 is 0 Å². The van der Waals surface area contributed by atoms with Gasteiger partial charge in [-0.15, -0.1) is 0 Å². The number of hydrogen-bond acceptors (Lipinski definition) is 4. The summed E-state index contributed by atoms with van der Waals surface area (Å²) in [6.45, 7) is 0.592. The summed E-state index contributed by atoms with van der Waals surface area (Å²) in [6, 6.07) is 21.1. The summed E-state index contributed by atoms with van der Waals surface area (Å²) in [6.07, 6.45) is 0.726. The first-order chi connectivity index (χ1) is 12.6. The lowest BCUT2D eigenvalue weighted by atomic mass is 10.2. The Labute approximate surface area is 152 Å². The van der Waals surface area contributed by atoms with Crippen molar-refractivity contribution >= 4 is 15.7 Å². The molecule has 0 aliphatic carbocycles. The minimum atomic E-state index is -3.65. The molecule has 132 valence electrons. The summed E-state index contributed by atoms with van der Waals surface area (Å²) in [5.74, 6) is 2.11. The van der Waals surface area contributed by atoms with Crippen LogP contribution in [0.3, 0.4) is 0 Å². The minimum absolute atomic E-state index is 0.228. The molecule has 1 aliphatic heterocycles. The van der Waals surface area contributed by atoms with E-state index < -0.39 is 10.0 Å². The zero-order chi connectivity index (χ0) is 18.0. The number of rotatable bonds is 5. The number of benzene rings is 3. The number of nitrogens with one attached hydrogen (secondary N) is 1. The smallest absolute Gasteiger partial charge is 0.261 e. The maximum Gasteiger partial charge on any atom is 0.261 e. The highest BCUT2D eigenvalue weighted by Crippen LogP contribution is 2.29. The van der Waals surface area contributed by atoms with Gasteiger partial charge in [0.05, 0.1) is 11.5 Å². The maximum atomic E-state index is 12.6. The molecule has 6 heteroatoms. The molecule has 0 saturated carbocycles. The average Bonchev–Trinajstić information content (AvgIpc) is 3.12. The quantitative estimate of drug-likeness (QED) is 0.733. The van der Waals surface area contributed by atoms with E-state index in [0.29, 0.717) is 18.0 Å². The third kappa shape index (κ3) is 3.50. The van der Waals surface area contributed by atoms with Crippen molar-refractivity contribution in [3.8, 4) is 17.2 Å². The number of anilines is 1. The number of sulfonamides is 1. The fraction of sp³-hybridized carbons (Fsp3) is 0.100. The maximum absolute atomic E-state index is 12.6. The van der Waals surface area contributed by atoms with E-state index in [1.807, 2.05) is 30.3 Å². The first-order valence-electron chi connectivity index (χ1n) is 8.22. The summed E-state index contributed by atoms with van der Waals surface area (Å²) in [7, 11) is -3.65. The zero-order valence-electron chi connectivity index (χ0n) is 13.9. The van der Waals surface area contributed by atoms with Crippen molar-refractivity contribution in [2.24, 2.45) is 0 Å². The van der Waals surface area contributed by atoms with Crippen molar-refractivity contribution in [2.45, 2.75) is 11.3 Å². The Bertz CT molecular complexity index is 1020. The molecule has 0 atom stereocenters. The van der Waals surface area contributed by atoms with Gasteiger partial charge in [-0.2, -0.15) is 0 Å². The molecule has 1 N–H and O–H groups in total. The van der Waals surface area contributed by atoms with Gasteiger partial charge in [0.25, 0.3) is 10.0 Å². The Morgan fingerprint density at radius 1 is 0.885 bits per heavy atom. The fourth-order valence-electron chi connectivity index (χ4n) is 2.76. The van der Waals surface area contributed by atoms with E-state index in [-0.39, 0.29) is 4.90 Å². The van der Waals surface area contributed by atoms with Crippen LogP contribution in [0.25, 0.3) is 0 Å². The molecule has 0 saturated heterocycles. The molecule has 0 amide bonds. The highest BCUT2D eigenvalue weighted by atomic mass is 32.2.